The van der Waals surface area contributed by atoms with Gasteiger partial charge in [0.05, 0.1) is 5.56 Å². The summed E-state index contributed by atoms with van der Waals surface area (Å²) >= 11 is 0. The van der Waals surface area contributed by atoms with E-state index in [4.69, 9.17) is 9.47 Å². The van der Waals surface area contributed by atoms with Gasteiger partial charge in [-0.1, -0.05) is 17.7 Å². The van der Waals surface area contributed by atoms with Crippen molar-refractivity contribution in [2.45, 2.75) is 46.8 Å². The van der Waals surface area contributed by atoms with Crippen molar-refractivity contribution in [3.63, 3.8) is 0 Å². The quantitative estimate of drug-likeness (QED) is 0.728. The van der Waals surface area contributed by atoms with E-state index in [1.807, 2.05) is 58.0 Å². The van der Waals surface area contributed by atoms with E-state index in [2.05, 4.69) is 0 Å². The summed E-state index contributed by atoms with van der Waals surface area (Å²) in [6, 6.07) is 12.9. The highest BCUT2D eigenvalue weighted by molar-refractivity contribution is 5.92. The third-order valence-electron chi connectivity index (χ3n) is 3.97. The summed E-state index contributed by atoms with van der Waals surface area (Å²) in [6.45, 7) is 9.23. The molecule has 5 nitrogen and oxygen atoms in total. The molecule has 0 aliphatic carbocycles. The van der Waals surface area contributed by atoms with Gasteiger partial charge >= 0.3 is 5.97 Å². The number of carbonyl (C=O) groups is 2. The Bertz CT molecular complexity index is 819. The van der Waals surface area contributed by atoms with Gasteiger partial charge in [-0.25, -0.2) is 4.79 Å². The van der Waals surface area contributed by atoms with E-state index >= 15 is 0 Å². The highest BCUT2D eigenvalue weighted by Gasteiger charge is 2.20. The number of hydrogen-bond acceptors (Lipinski definition) is 4. The SMILES string of the molecule is CC(=O)N(C)c1ccc(OCc2ccc(C)cc2C(=O)OC(C)(C)C)cc1. The fourth-order valence-corrected chi connectivity index (χ4v) is 2.45. The fraction of sp³-hybridized carbons (Fsp3) is 0.364. The summed E-state index contributed by atoms with van der Waals surface area (Å²) in [7, 11) is 1.72. The molecule has 0 aliphatic rings. The second-order valence-corrected chi connectivity index (χ2v) is 7.52. The molecule has 2 aromatic carbocycles. The Morgan fingerprint density at radius 1 is 1.04 bits per heavy atom. The van der Waals surface area contributed by atoms with Crippen LogP contribution in [0.15, 0.2) is 42.5 Å². The molecule has 2 rings (SSSR count). The highest BCUT2D eigenvalue weighted by atomic mass is 16.6. The van der Waals surface area contributed by atoms with E-state index in [9.17, 15) is 9.59 Å². The molecule has 0 aromatic heterocycles. The lowest BCUT2D eigenvalue weighted by molar-refractivity contribution is -0.116. The van der Waals surface area contributed by atoms with Crippen molar-refractivity contribution >= 4 is 17.6 Å². The van der Waals surface area contributed by atoms with E-state index in [-0.39, 0.29) is 18.5 Å². The Hall–Kier alpha value is -2.82. The summed E-state index contributed by atoms with van der Waals surface area (Å²) in [4.78, 5) is 25.5. The molecule has 0 bridgehead atoms. The maximum atomic E-state index is 12.5. The van der Waals surface area contributed by atoms with Crippen molar-refractivity contribution in [2.75, 3.05) is 11.9 Å². The number of amides is 1. The second kappa shape index (κ2) is 8.25. The number of ether oxygens (including phenoxy) is 2. The maximum Gasteiger partial charge on any atom is 0.339 e. The molecule has 0 saturated carbocycles. The van der Waals surface area contributed by atoms with Gasteiger partial charge < -0.3 is 14.4 Å². The van der Waals surface area contributed by atoms with E-state index in [0.717, 1.165) is 16.8 Å². The minimum atomic E-state index is -0.558. The summed E-state index contributed by atoms with van der Waals surface area (Å²) < 4.78 is 11.3. The average molecular weight is 369 g/mol. The molecule has 0 spiro atoms. The van der Waals surface area contributed by atoms with Crippen LogP contribution in [0.3, 0.4) is 0 Å². The standard InChI is InChI=1S/C22H27NO4/c1-15-7-8-17(20(13-15)21(25)27-22(3,4)5)14-26-19-11-9-18(10-12-19)23(6)16(2)24/h7-13H,14H2,1-6H3. The molecule has 0 aliphatic heterocycles. The Morgan fingerprint density at radius 2 is 1.67 bits per heavy atom. The molecule has 0 unspecified atom stereocenters. The van der Waals surface area contributed by atoms with Crippen molar-refractivity contribution in [1.29, 1.82) is 0 Å². The zero-order valence-electron chi connectivity index (χ0n) is 16.8. The van der Waals surface area contributed by atoms with Crippen LogP contribution in [0, 0.1) is 6.92 Å². The number of aryl methyl sites for hydroxylation is 1. The predicted octanol–water partition coefficient (Wildman–Crippen LogP) is 4.51. The van der Waals surface area contributed by atoms with Crippen LogP contribution >= 0.6 is 0 Å². The molecular formula is C22H27NO4. The third kappa shape index (κ3) is 5.84. The zero-order valence-corrected chi connectivity index (χ0v) is 16.8. The third-order valence-corrected chi connectivity index (χ3v) is 3.97. The van der Waals surface area contributed by atoms with Gasteiger partial charge in [0.2, 0.25) is 5.91 Å². The maximum absolute atomic E-state index is 12.5. The molecule has 0 fully saturated rings. The minimum Gasteiger partial charge on any atom is -0.489 e. The van der Waals surface area contributed by atoms with Crippen molar-refractivity contribution in [3.8, 4) is 5.75 Å². The molecule has 144 valence electrons. The normalized spacial score (nSPS) is 11.0. The molecule has 0 saturated heterocycles. The number of esters is 1. The summed E-state index contributed by atoms with van der Waals surface area (Å²) in [6.07, 6.45) is 0. The largest absolute Gasteiger partial charge is 0.489 e. The molecule has 0 heterocycles. The monoisotopic (exact) mass is 369 g/mol. The highest BCUT2D eigenvalue weighted by Crippen LogP contribution is 2.22. The molecule has 0 N–H and O–H groups in total. The number of benzene rings is 2. The number of nitrogens with zero attached hydrogens (tertiary/aromatic N) is 1. The van der Waals surface area contributed by atoms with Crippen LogP contribution in [0.2, 0.25) is 0 Å². The fourth-order valence-electron chi connectivity index (χ4n) is 2.45. The first-order valence-corrected chi connectivity index (χ1v) is 8.87. The lowest BCUT2D eigenvalue weighted by atomic mass is 10.0. The van der Waals surface area contributed by atoms with Crippen LogP contribution in [-0.4, -0.2) is 24.5 Å². The van der Waals surface area contributed by atoms with E-state index < -0.39 is 5.60 Å². The topological polar surface area (TPSA) is 55.8 Å². The van der Waals surface area contributed by atoms with Crippen LogP contribution in [0.5, 0.6) is 5.75 Å². The van der Waals surface area contributed by atoms with Crippen LogP contribution in [0.4, 0.5) is 5.69 Å². The Kier molecular flexibility index (Phi) is 6.26. The van der Waals surface area contributed by atoms with Gasteiger partial charge in [-0.3, -0.25) is 4.79 Å². The molecule has 5 heteroatoms. The van der Waals surface area contributed by atoms with E-state index in [0.29, 0.717) is 11.3 Å². The van der Waals surface area contributed by atoms with Gasteiger partial charge in [-0.15, -0.1) is 0 Å². The molecule has 2 aromatic rings. The van der Waals surface area contributed by atoms with Crippen LogP contribution in [0.1, 0.15) is 49.2 Å². The first-order chi connectivity index (χ1) is 12.6. The van der Waals surface area contributed by atoms with Crippen LogP contribution < -0.4 is 9.64 Å². The molecule has 0 radical (unpaired) electrons. The summed E-state index contributed by atoms with van der Waals surface area (Å²) in [5, 5.41) is 0. The minimum absolute atomic E-state index is 0.0367. The van der Waals surface area contributed by atoms with E-state index in [1.165, 1.54) is 6.92 Å². The number of rotatable bonds is 5. The van der Waals surface area contributed by atoms with Crippen LogP contribution in [-0.2, 0) is 16.1 Å². The van der Waals surface area contributed by atoms with E-state index in [1.54, 1.807) is 24.1 Å². The first-order valence-electron chi connectivity index (χ1n) is 8.87. The lowest BCUT2D eigenvalue weighted by Crippen LogP contribution is -2.24. The van der Waals surface area contributed by atoms with Crippen LogP contribution in [0.25, 0.3) is 0 Å². The number of anilines is 1. The Labute approximate surface area is 160 Å². The van der Waals surface area contributed by atoms with Gasteiger partial charge in [0.1, 0.15) is 18.0 Å². The smallest absolute Gasteiger partial charge is 0.339 e. The van der Waals surface area contributed by atoms with Gasteiger partial charge in [0, 0.05) is 25.2 Å². The van der Waals surface area contributed by atoms with Gasteiger partial charge in [-0.05, 0) is 58.0 Å². The van der Waals surface area contributed by atoms with Crippen molar-refractivity contribution in [1.82, 2.24) is 0 Å². The number of hydrogen-bond donors (Lipinski definition) is 0. The van der Waals surface area contributed by atoms with Crippen molar-refractivity contribution in [3.05, 3.63) is 59.2 Å². The van der Waals surface area contributed by atoms with Gasteiger partial charge in [0.25, 0.3) is 0 Å². The molecular weight excluding hydrogens is 342 g/mol. The Balaban J connectivity index is 2.14. The van der Waals surface area contributed by atoms with Crippen molar-refractivity contribution < 1.29 is 19.1 Å². The molecule has 1 amide bonds. The lowest BCUT2D eigenvalue weighted by Gasteiger charge is -2.21. The molecule has 0 atom stereocenters. The molecule has 27 heavy (non-hydrogen) atoms. The number of carbonyl (C=O) groups excluding carboxylic acids is 2. The van der Waals surface area contributed by atoms with Gasteiger partial charge in [0.15, 0.2) is 0 Å². The zero-order chi connectivity index (χ0) is 20.2. The second-order valence-electron chi connectivity index (χ2n) is 7.52. The first kappa shape index (κ1) is 20.5. The average Bonchev–Trinajstić information content (AvgIpc) is 2.59. The summed E-state index contributed by atoms with van der Waals surface area (Å²) in [5.74, 6) is 0.264. The summed E-state index contributed by atoms with van der Waals surface area (Å²) in [5.41, 5.74) is 2.49. The van der Waals surface area contributed by atoms with Crippen molar-refractivity contribution in [2.24, 2.45) is 0 Å². The predicted molar refractivity (Wildman–Crippen MR) is 106 cm³/mol. The van der Waals surface area contributed by atoms with Gasteiger partial charge in [-0.2, -0.15) is 0 Å². The Morgan fingerprint density at radius 3 is 2.22 bits per heavy atom.